The minimum atomic E-state index is -2.90. The molecule has 0 aliphatic heterocycles. The average Bonchev–Trinajstić information content (AvgIpc) is 2.84. The van der Waals surface area contributed by atoms with Crippen LogP contribution in [0.15, 0.2) is 70.1 Å². The lowest BCUT2D eigenvalue weighted by atomic mass is 9.97. The van der Waals surface area contributed by atoms with Gasteiger partial charge in [-0.3, -0.25) is 14.2 Å². The first-order valence-electron chi connectivity index (χ1n) is 11.1. The molecule has 9 heteroatoms. The summed E-state index contributed by atoms with van der Waals surface area (Å²) in [5, 5.41) is 3.77. The molecule has 1 aliphatic rings. The number of ether oxygens (including phenoxy) is 1. The maximum atomic E-state index is 13.2. The van der Waals surface area contributed by atoms with Crippen LogP contribution in [0, 0.1) is 0 Å². The van der Waals surface area contributed by atoms with Crippen molar-refractivity contribution < 1.29 is 18.3 Å². The van der Waals surface area contributed by atoms with Gasteiger partial charge in [-0.05, 0) is 68.5 Å². The number of amides is 1. The van der Waals surface area contributed by atoms with Gasteiger partial charge in [0, 0.05) is 12.2 Å². The molecule has 0 saturated heterocycles. The van der Waals surface area contributed by atoms with Crippen LogP contribution in [-0.2, 0) is 11.3 Å². The van der Waals surface area contributed by atoms with Crippen LogP contribution in [0.4, 0.5) is 14.5 Å². The molecule has 3 aromatic rings. The predicted octanol–water partition coefficient (Wildman–Crippen LogP) is 5.62. The average molecular weight is 486 g/mol. The van der Waals surface area contributed by atoms with Gasteiger partial charge in [-0.1, -0.05) is 35.5 Å². The van der Waals surface area contributed by atoms with Crippen LogP contribution in [0.1, 0.15) is 32.1 Å². The van der Waals surface area contributed by atoms with Crippen LogP contribution in [0.3, 0.4) is 0 Å². The van der Waals surface area contributed by atoms with E-state index in [-0.39, 0.29) is 23.0 Å². The van der Waals surface area contributed by atoms with Gasteiger partial charge in [0.1, 0.15) is 5.75 Å². The number of hydrogen-bond acceptors (Lipinski definition) is 5. The second-order valence-electron chi connectivity index (χ2n) is 7.97. The standard InChI is InChI=1S/C25H25F2N3O3S/c26-24(27)33-19-12-10-18(11-13-19)28-22(31)16-34-25-29-21-9-5-4-8-20(21)23(32)30(25)15-14-17-6-2-1-3-7-17/h4-6,8-13,24H,1-3,7,14-16H2,(H,28,31). The van der Waals surface area contributed by atoms with Crippen molar-refractivity contribution in [3.63, 3.8) is 0 Å². The maximum absolute atomic E-state index is 13.2. The molecule has 0 atom stereocenters. The molecule has 0 saturated carbocycles. The van der Waals surface area contributed by atoms with Gasteiger partial charge in [0.25, 0.3) is 5.56 Å². The number of allylic oxidation sites excluding steroid dienone is 2. The highest BCUT2D eigenvalue weighted by atomic mass is 32.2. The summed E-state index contributed by atoms with van der Waals surface area (Å²) >= 11 is 1.20. The van der Waals surface area contributed by atoms with Crippen LogP contribution in [0.5, 0.6) is 5.75 Å². The largest absolute Gasteiger partial charge is 0.435 e. The highest BCUT2D eigenvalue weighted by molar-refractivity contribution is 7.99. The summed E-state index contributed by atoms with van der Waals surface area (Å²) in [5.41, 5.74) is 2.30. The van der Waals surface area contributed by atoms with Crippen LogP contribution in [0.2, 0.25) is 0 Å². The van der Waals surface area contributed by atoms with Gasteiger partial charge in [-0.25, -0.2) is 4.98 Å². The van der Waals surface area contributed by atoms with E-state index in [1.165, 1.54) is 54.4 Å². The molecule has 1 aromatic heterocycles. The molecular formula is C25H25F2N3O3S. The third-order valence-electron chi connectivity index (χ3n) is 5.56. The Hall–Kier alpha value is -3.20. The van der Waals surface area contributed by atoms with Crippen molar-refractivity contribution in [2.45, 2.75) is 50.4 Å². The number of fused-ring (bicyclic) bond motifs is 1. The molecule has 0 bridgehead atoms. The van der Waals surface area contributed by atoms with Crippen molar-refractivity contribution in [1.29, 1.82) is 0 Å². The molecule has 0 unspecified atom stereocenters. The zero-order valence-corrected chi connectivity index (χ0v) is 19.3. The third kappa shape index (κ3) is 6.22. The lowest BCUT2D eigenvalue weighted by Gasteiger charge is -2.16. The number of aromatic nitrogens is 2. The van der Waals surface area contributed by atoms with E-state index in [2.05, 4.69) is 21.1 Å². The summed E-state index contributed by atoms with van der Waals surface area (Å²) in [6, 6.07) is 12.9. The number of benzene rings is 2. The Morgan fingerprint density at radius 1 is 1.15 bits per heavy atom. The number of rotatable bonds is 9. The highest BCUT2D eigenvalue weighted by Crippen LogP contribution is 2.23. The van der Waals surface area contributed by atoms with E-state index in [1.54, 1.807) is 16.7 Å². The van der Waals surface area contributed by atoms with Gasteiger partial charge in [-0.2, -0.15) is 8.78 Å². The van der Waals surface area contributed by atoms with E-state index in [0.717, 1.165) is 19.3 Å². The minimum absolute atomic E-state index is 0.0137. The molecule has 34 heavy (non-hydrogen) atoms. The van der Waals surface area contributed by atoms with Crippen LogP contribution in [0.25, 0.3) is 10.9 Å². The second kappa shape index (κ2) is 11.3. The van der Waals surface area contributed by atoms with Gasteiger partial charge in [0.15, 0.2) is 5.16 Å². The normalized spacial score (nSPS) is 13.7. The Morgan fingerprint density at radius 3 is 2.68 bits per heavy atom. The van der Waals surface area contributed by atoms with Gasteiger partial charge < -0.3 is 10.1 Å². The van der Waals surface area contributed by atoms with E-state index in [1.807, 2.05) is 12.1 Å². The van der Waals surface area contributed by atoms with E-state index in [9.17, 15) is 18.4 Å². The van der Waals surface area contributed by atoms with Gasteiger partial charge in [-0.15, -0.1) is 0 Å². The van der Waals surface area contributed by atoms with Gasteiger partial charge in [0.05, 0.1) is 16.7 Å². The summed E-state index contributed by atoms with van der Waals surface area (Å²) in [7, 11) is 0. The number of alkyl halides is 2. The minimum Gasteiger partial charge on any atom is -0.435 e. The van der Waals surface area contributed by atoms with Crippen molar-refractivity contribution in [2.24, 2.45) is 0 Å². The fourth-order valence-corrected chi connectivity index (χ4v) is 4.71. The predicted molar refractivity (Wildman–Crippen MR) is 130 cm³/mol. The van der Waals surface area contributed by atoms with Crippen molar-refractivity contribution in [3.05, 3.63) is 70.5 Å². The number of nitrogens with zero attached hydrogens (tertiary/aromatic N) is 2. The van der Waals surface area contributed by atoms with Crippen LogP contribution >= 0.6 is 11.8 Å². The topological polar surface area (TPSA) is 73.2 Å². The molecule has 0 spiro atoms. The molecule has 6 nitrogen and oxygen atoms in total. The third-order valence-corrected chi connectivity index (χ3v) is 6.54. The van der Waals surface area contributed by atoms with Crippen molar-refractivity contribution in [1.82, 2.24) is 9.55 Å². The summed E-state index contributed by atoms with van der Waals surface area (Å²) in [6.45, 7) is -2.39. The number of carbonyl (C=O) groups is 1. The van der Waals surface area contributed by atoms with E-state index in [4.69, 9.17) is 0 Å². The number of carbonyl (C=O) groups excluding carboxylic acids is 1. The molecule has 0 radical (unpaired) electrons. The van der Waals surface area contributed by atoms with Gasteiger partial charge >= 0.3 is 6.61 Å². The summed E-state index contributed by atoms with van der Waals surface area (Å²) < 4.78 is 30.5. The fourth-order valence-electron chi connectivity index (χ4n) is 3.89. The molecule has 1 heterocycles. The lowest BCUT2D eigenvalue weighted by Crippen LogP contribution is -2.24. The smallest absolute Gasteiger partial charge is 0.387 e. The zero-order valence-electron chi connectivity index (χ0n) is 18.5. The summed E-state index contributed by atoms with van der Waals surface area (Å²) in [4.78, 5) is 30.4. The first-order valence-corrected chi connectivity index (χ1v) is 12.1. The van der Waals surface area contributed by atoms with E-state index >= 15 is 0 Å². The Balaban J connectivity index is 1.47. The number of anilines is 1. The number of nitrogens with one attached hydrogen (secondary N) is 1. The molecule has 1 N–H and O–H groups in total. The summed E-state index contributed by atoms with van der Waals surface area (Å²) in [6.07, 6.45) is 7.57. The number of halogens is 2. The quantitative estimate of drug-likeness (QED) is 0.242. The molecule has 1 amide bonds. The number of hydrogen-bond donors (Lipinski definition) is 1. The van der Waals surface area contributed by atoms with E-state index < -0.39 is 6.61 Å². The summed E-state index contributed by atoms with van der Waals surface area (Å²) in [5.74, 6) is -0.237. The molecule has 2 aromatic carbocycles. The molecule has 178 valence electrons. The zero-order chi connectivity index (χ0) is 23.9. The first kappa shape index (κ1) is 23.9. The number of para-hydroxylation sites is 1. The second-order valence-corrected chi connectivity index (χ2v) is 8.91. The molecule has 1 aliphatic carbocycles. The van der Waals surface area contributed by atoms with Crippen molar-refractivity contribution in [2.75, 3.05) is 11.1 Å². The Kier molecular flexibility index (Phi) is 7.95. The Labute approximate surface area is 200 Å². The van der Waals surface area contributed by atoms with E-state index in [0.29, 0.717) is 28.3 Å². The van der Waals surface area contributed by atoms with Gasteiger partial charge in [0.2, 0.25) is 5.91 Å². The highest BCUT2D eigenvalue weighted by Gasteiger charge is 2.15. The molecule has 0 fully saturated rings. The maximum Gasteiger partial charge on any atom is 0.387 e. The first-order chi connectivity index (χ1) is 16.5. The molecule has 4 rings (SSSR count). The fraction of sp³-hybridized carbons (Fsp3) is 0.320. The van der Waals surface area contributed by atoms with Crippen molar-refractivity contribution in [3.8, 4) is 5.75 Å². The number of thioether (sulfide) groups is 1. The Morgan fingerprint density at radius 2 is 1.94 bits per heavy atom. The molecular weight excluding hydrogens is 460 g/mol. The lowest BCUT2D eigenvalue weighted by molar-refractivity contribution is -0.113. The monoisotopic (exact) mass is 485 g/mol. The van der Waals surface area contributed by atoms with Crippen LogP contribution < -0.4 is 15.6 Å². The van der Waals surface area contributed by atoms with Crippen LogP contribution in [-0.4, -0.2) is 27.8 Å². The van der Waals surface area contributed by atoms with Crippen molar-refractivity contribution >= 4 is 34.3 Å². The SMILES string of the molecule is O=C(CSc1nc2ccccc2c(=O)n1CCC1=CCCCC1)Nc1ccc(OC(F)F)cc1. The Bertz CT molecular complexity index is 1240.